The normalized spacial score (nSPS) is 10.2. The highest BCUT2D eigenvalue weighted by atomic mass is 19.1. The van der Waals surface area contributed by atoms with Gasteiger partial charge in [-0.2, -0.15) is 0 Å². The van der Waals surface area contributed by atoms with Gasteiger partial charge >= 0.3 is 0 Å². The minimum atomic E-state index is -0.512. The molecule has 0 atom stereocenters. The number of anilines is 1. The molecule has 0 aliphatic carbocycles. The Morgan fingerprint density at radius 3 is 2.42 bits per heavy atom. The number of carbonyl (C=O) groups excluding carboxylic acids is 1. The monoisotopic (exact) mass is 260 g/mol. The molecule has 0 aromatic heterocycles. The molecule has 2 aromatic carbocycles. The van der Waals surface area contributed by atoms with E-state index in [1.54, 1.807) is 30.3 Å². The van der Waals surface area contributed by atoms with Crippen molar-refractivity contribution < 1.29 is 13.9 Å². The number of nitrogen functional groups attached to an aromatic ring is 1. The molecule has 0 radical (unpaired) electrons. The van der Waals surface area contributed by atoms with Crippen LogP contribution in [-0.2, 0) is 6.61 Å². The van der Waals surface area contributed by atoms with Crippen molar-refractivity contribution in [3.8, 4) is 5.75 Å². The summed E-state index contributed by atoms with van der Waals surface area (Å²) in [5, 5.41) is 0. The third kappa shape index (κ3) is 3.22. The molecule has 0 bridgehead atoms. The molecule has 1 amide bonds. The Labute approximate surface area is 109 Å². The number of halogens is 1. The van der Waals surface area contributed by atoms with E-state index in [0.717, 1.165) is 5.56 Å². The first-order valence-corrected chi connectivity index (χ1v) is 5.63. The molecule has 4 N–H and O–H groups in total. The Balaban J connectivity index is 2.01. The summed E-state index contributed by atoms with van der Waals surface area (Å²) in [6.07, 6.45) is 0. The number of hydrogen-bond acceptors (Lipinski definition) is 3. The van der Waals surface area contributed by atoms with Crippen LogP contribution in [-0.4, -0.2) is 5.91 Å². The Kier molecular flexibility index (Phi) is 3.66. The van der Waals surface area contributed by atoms with Crippen LogP contribution < -0.4 is 16.2 Å². The highest BCUT2D eigenvalue weighted by molar-refractivity contribution is 5.92. The zero-order valence-electron chi connectivity index (χ0n) is 10.1. The van der Waals surface area contributed by atoms with E-state index in [1.807, 2.05) is 0 Å². The second-order valence-electron chi connectivity index (χ2n) is 4.03. The number of primary amides is 1. The molecule has 5 heteroatoms. The summed E-state index contributed by atoms with van der Waals surface area (Å²) in [4.78, 5) is 10.9. The summed E-state index contributed by atoms with van der Waals surface area (Å²) in [5.41, 5.74) is 11.9. The van der Waals surface area contributed by atoms with Crippen molar-refractivity contribution in [3.63, 3.8) is 0 Å². The van der Waals surface area contributed by atoms with E-state index >= 15 is 0 Å². The number of nitrogens with two attached hydrogens (primary N) is 2. The van der Waals surface area contributed by atoms with Gasteiger partial charge in [0.1, 0.15) is 18.2 Å². The van der Waals surface area contributed by atoms with E-state index < -0.39 is 11.7 Å². The summed E-state index contributed by atoms with van der Waals surface area (Å²) in [6, 6.07) is 11.0. The molecule has 0 saturated carbocycles. The maximum absolute atomic E-state index is 13.2. The van der Waals surface area contributed by atoms with Crippen LogP contribution >= 0.6 is 0 Å². The predicted molar refractivity (Wildman–Crippen MR) is 70.1 cm³/mol. The lowest BCUT2D eigenvalue weighted by molar-refractivity contribution is 0.1000. The van der Waals surface area contributed by atoms with Crippen LogP contribution in [0.25, 0.3) is 0 Å². The second kappa shape index (κ2) is 5.39. The summed E-state index contributed by atoms with van der Waals surface area (Å²) in [5.74, 6) is -0.597. The molecule has 19 heavy (non-hydrogen) atoms. The van der Waals surface area contributed by atoms with Crippen molar-refractivity contribution in [2.75, 3.05) is 5.73 Å². The standard InChI is InChI=1S/C14H13FN2O2/c15-12-7-11(5-6-13(12)16)19-8-9-1-3-10(4-2-9)14(17)18/h1-7H,8,16H2,(H2,17,18). The second-order valence-corrected chi connectivity index (χ2v) is 4.03. The number of benzene rings is 2. The zero-order chi connectivity index (χ0) is 13.8. The van der Waals surface area contributed by atoms with Crippen LogP contribution in [0.15, 0.2) is 42.5 Å². The number of amides is 1. The molecule has 2 aromatic rings. The van der Waals surface area contributed by atoms with E-state index in [0.29, 0.717) is 11.3 Å². The maximum atomic E-state index is 13.2. The Morgan fingerprint density at radius 1 is 1.16 bits per heavy atom. The quantitative estimate of drug-likeness (QED) is 0.826. The van der Waals surface area contributed by atoms with Crippen LogP contribution in [0.1, 0.15) is 15.9 Å². The fraction of sp³-hybridized carbons (Fsp3) is 0.0714. The van der Waals surface area contributed by atoms with Crippen LogP contribution in [0.5, 0.6) is 5.75 Å². The van der Waals surface area contributed by atoms with Crippen LogP contribution in [0, 0.1) is 5.82 Å². The summed E-state index contributed by atoms with van der Waals surface area (Å²) in [6.45, 7) is 0.266. The number of ether oxygens (including phenoxy) is 1. The lowest BCUT2D eigenvalue weighted by Gasteiger charge is -2.07. The Morgan fingerprint density at radius 2 is 1.84 bits per heavy atom. The first-order valence-electron chi connectivity index (χ1n) is 5.63. The average molecular weight is 260 g/mol. The molecular formula is C14H13FN2O2. The predicted octanol–water partition coefficient (Wildman–Crippen LogP) is 2.09. The third-order valence-corrected chi connectivity index (χ3v) is 2.62. The van der Waals surface area contributed by atoms with Crippen molar-refractivity contribution in [1.29, 1.82) is 0 Å². The minimum Gasteiger partial charge on any atom is -0.489 e. The Bertz CT molecular complexity index is 597. The molecule has 0 aliphatic heterocycles. The topological polar surface area (TPSA) is 78.3 Å². The van der Waals surface area contributed by atoms with Crippen molar-refractivity contribution in [2.45, 2.75) is 6.61 Å². The van der Waals surface area contributed by atoms with Crippen molar-refractivity contribution in [3.05, 3.63) is 59.4 Å². The van der Waals surface area contributed by atoms with Gasteiger partial charge in [-0.25, -0.2) is 4.39 Å². The van der Waals surface area contributed by atoms with Crippen LogP contribution in [0.2, 0.25) is 0 Å². The molecular weight excluding hydrogens is 247 g/mol. The fourth-order valence-corrected chi connectivity index (χ4v) is 1.53. The summed E-state index contributed by atoms with van der Waals surface area (Å²) >= 11 is 0. The van der Waals surface area contributed by atoms with Gasteiger partial charge in [0.05, 0.1) is 5.69 Å². The van der Waals surface area contributed by atoms with Gasteiger partial charge in [0, 0.05) is 11.6 Å². The molecule has 0 aliphatic rings. The van der Waals surface area contributed by atoms with Crippen LogP contribution in [0.4, 0.5) is 10.1 Å². The number of carbonyl (C=O) groups is 1. The van der Waals surface area contributed by atoms with Gasteiger partial charge in [0.25, 0.3) is 0 Å². The van der Waals surface area contributed by atoms with E-state index in [4.69, 9.17) is 16.2 Å². The summed E-state index contributed by atoms with van der Waals surface area (Å²) in [7, 11) is 0. The zero-order valence-corrected chi connectivity index (χ0v) is 10.1. The van der Waals surface area contributed by atoms with Gasteiger partial charge in [0.15, 0.2) is 0 Å². The molecule has 2 rings (SSSR count). The van der Waals surface area contributed by atoms with Gasteiger partial charge in [0.2, 0.25) is 5.91 Å². The highest BCUT2D eigenvalue weighted by Gasteiger charge is 2.03. The lowest BCUT2D eigenvalue weighted by atomic mass is 10.1. The van der Waals surface area contributed by atoms with E-state index in [2.05, 4.69) is 0 Å². The first-order chi connectivity index (χ1) is 9.06. The smallest absolute Gasteiger partial charge is 0.248 e. The van der Waals surface area contributed by atoms with E-state index in [-0.39, 0.29) is 12.3 Å². The van der Waals surface area contributed by atoms with Gasteiger partial charge < -0.3 is 16.2 Å². The van der Waals surface area contributed by atoms with Gasteiger partial charge in [-0.3, -0.25) is 4.79 Å². The molecule has 0 spiro atoms. The molecule has 4 nitrogen and oxygen atoms in total. The van der Waals surface area contributed by atoms with Crippen molar-refractivity contribution >= 4 is 11.6 Å². The average Bonchev–Trinajstić information content (AvgIpc) is 2.40. The molecule has 0 fully saturated rings. The maximum Gasteiger partial charge on any atom is 0.248 e. The molecule has 98 valence electrons. The minimum absolute atomic E-state index is 0.0816. The number of rotatable bonds is 4. The third-order valence-electron chi connectivity index (χ3n) is 2.62. The van der Waals surface area contributed by atoms with E-state index in [1.165, 1.54) is 12.1 Å². The largest absolute Gasteiger partial charge is 0.489 e. The van der Waals surface area contributed by atoms with Crippen LogP contribution in [0.3, 0.4) is 0 Å². The lowest BCUT2D eigenvalue weighted by Crippen LogP contribution is -2.10. The molecule has 0 heterocycles. The Hall–Kier alpha value is -2.56. The van der Waals surface area contributed by atoms with Crippen molar-refractivity contribution in [2.24, 2.45) is 5.73 Å². The summed E-state index contributed by atoms with van der Waals surface area (Å²) < 4.78 is 18.6. The SMILES string of the molecule is NC(=O)c1ccc(COc2ccc(N)c(F)c2)cc1. The van der Waals surface area contributed by atoms with Crippen molar-refractivity contribution in [1.82, 2.24) is 0 Å². The van der Waals surface area contributed by atoms with Gasteiger partial charge in [-0.15, -0.1) is 0 Å². The van der Waals surface area contributed by atoms with E-state index in [9.17, 15) is 9.18 Å². The fourth-order valence-electron chi connectivity index (χ4n) is 1.53. The van der Waals surface area contributed by atoms with Gasteiger partial charge in [-0.1, -0.05) is 12.1 Å². The highest BCUT2D eigenvalue weighted by Crippen LogP contribution is 2.19. The van der Waals surface area contributed by atoms with Gasteiger partial charge in [-0.05, 0) is 29.8 Å². The molecule has 0 saturated heterocycles. The first kappa shape index (κ1) is 12.9. The number of hydrogen-bond donors (Lipinski definition) is 2. The molecule has 0 unspecified atom stereocenters.